The van der Waals surface area contributed by atoms with Gasteiger partial charge < -0.3 is 40.6 Å². The number of amides is 3. The summed E-state index contributed by atoms with van der Waals surface area (Å²) in [5.41, 5.74) is 3.92. The van der Waals surface area contributed by atoms with E-state index in [9.17, 15) is 37.9 Å². The van der Waals surface area contributed by atoms with Gasteiger partial charge in [-0.3, -0.25) is 19.3 Å². The quantitative estimate of drug-likeness (QED) is 0.0446. The van der Waals surface area contributed by atoms with E-state index in [4.69, 9.17) is 27.3 Å². The smallest absolute Gasteiger partial charge is 0.417 e. The Morgan fingerprint density at radius 2 is 1.68 bits per heavy atom. The van der Waals surface area contributed by atoms with Crippen molar-refractivity contribution in [1.82, 2.24) is 25.5 Å². The number of nitrogens with zero attached hydrogens (tertiary/aromatic N) is 7. The summed E-state index contributed by atoms with van der Waals surface area (Å²) in [5.74, 6) is -0.373. The van der Waals surface area contributed by atoms with Gasteiger partial charge in [-0.2, -0.15) is 18.4 Å². The van der Waals surface area contributed by atoms with Crippen LogP contribution < -0.4 is 25.3 Å². The lowest BCUT2D eigenvalue weighted by atomic mass is 10.0. The molecule has 0 radical (unpaired) electrons. The topological polar surface area (TPSA) is 191 Å². The summed E-state index contributed by atoms with van der Waals surface area (Å²) in [6.45, 7) is 10.6. The van der Waals surface area contributed by atoms with Gasteiger partial charge in [0.1, 0.15) is 29.5 Å². The third-order valence-electron chi connectivity index (χ3n) is 13.4. The molecule has 0 bridgehead atoms. The second kappa shape index (κ2) is 21.5. The molecular weight excluding hydrogens is 978 g/mol. The number of hydrogen-bond acceptors (Lipinski definition) is 13. The molecule has 3 atom stereocenters. The normalized spacial score (nSPS) is 18.8. The minimum absolute atomic E-state index is 0.00351. The Hall–Kier alpha value is -7.21. The molecule has 3 aliphatic rings. The molecule has 380 valence electrons. The minimum atomic E-state index is -4.81. The Labute approximate surface area is 430 Å². The molecule has 15 nitrogen and oxygen atoms in total. The first-order chi connectivity index (χ1) is 34.8. The average Bonchev–Trinajstić information content (AvgIpc) is 4.04. The van der Waals surface area contributed by atoms with E-state index in [1.165, 1.54) is 17.2 Å². The number of thiazole rings is 1. The minimum Gasteiger partial charge on any atom is -0.487 e. The number of likely N-dealkylation sites (tertiary alicyclic amines) is 1. The van der Waals surface area contributed by atoms with Crippen LogP contribution in [0.1, 0.15) is 69.3 Å². The molecular formula is C53H55F3N10O5S2. The number of carbonyl (C=O) groups is 3. The van der Waals surface area contributed by atoms with Crippen molar-refractivity contribution in [2.75, 3.05) is 34.3 Å². The Kier molecular flexibility index (Phi) is 15.3. The second-order valence-electron chi connectivity index (χ2n) is 19.1. The zero-order chi connectivity index (χ0) is 52.4. The van der Waals surface area contributed by atoms with Gasteiger partial charge in [0, 0.05) is 69.1 Å². The molecule has 3 aromatic carbocycles. The lowest BCUT2D eigenvalue weighted by Crippen LogP contribution is -2.53. The molecule has 4 N–H and O–H groups in total. The van der Waals surface area contributed by atoms with Crippen LogP contribution >= 0.6 is 23.6 Å². The van der Waals surface area contributed by atoms with E-state index in [0.717, 1.165) is 61.9 Å². The number of thiocarbonyl (C=S) groups is 1. The lowest BCUT2D eigenvalue weighted by molar-refractivity contribution is -0.140. The molecule has 20 heteroatoms. The Balaban J connectivity index is 0.836. The number of anilines is 3. The van der Waals surface area contributed by atoms with Gasteiger partial charge in [0.05, 0.1) is 51.3 Å². The maximum Gasteiger partial charge on any atom is 0.417 e. The number of nitrogens with one attached hydrogen (secondary N) is 3. The predicted molar refractivity (Wildman–Crippen MR) is 278 cm³/mol. The first-order valence-electron chi connectivity index (χ1n) is 23.8. The SMILES string of the molecule is Cc1ncsc1-c1ccc(CNC(=O)[C@@H]2C[C@@H](O)CN2C(=O)[C@@H](N/C=C(\C=N)OC2CCN(c3ccc(-c4ccc(N5C(=S)N(c6ccc(C#N)c(C(F)(F)F)c6)C(=O)C5(C)C)cc4)cn3)CC2)C(C)C)cc1. The number of piperidine rings is 1. The number of aryl methyl sites for hydroxylation is 1. The van der Waals surface area contributed by atoms with Gasteiger partial charge in [0.25, 0.3) is 5.91 Å². The van der Waals surface area contributed by atoms with Crippen molar-refractivity contribution in [3.8, 4) is 27.6 Å². The fraction of sp³-hybridized carbons (Fsp3) is 0.358. The highest BCUT2D eigenvalue weighted by molar-refractivity contribution is 7.81. The number of carbonyl (C=O) groups excluding carboxylic acids is 3. The molecule has 0 spiro atoms. The van der Waals surface area contributed by atoms with Gasteiger partial charge >= 0.3 is 6.18 Å². The number of hydrogen-bond donors (Lipinski definition) is 4. The summed E-state index contributed by atoms with van der Waals surface area (Å²) < 4.78 is 47.7. The number of aromatic nitrogens is 2. The van der Waals surface area contributed by atoms with Crippen LogP contribution in [0.25, 0.3) is 21.6 Å². The number of benzene rings is 3. The summed E-state index contributed by atoms with van der Waals surface area (Å²) in [6.07, 6.45) is -0.0706. The summed E-state index contributed by atoms with van der Waals surface area (Å²) in [6, 6.07) is 22.1. The van der Waals surface area contributed by atoms with Crippen molar-refractivity contribution >= 4 is 69.8 Å². The molecule has 0 unspecified atom stereocenters. The van der Waals surface area contributed by atoms with Crippen molar-refractivity contribution in [1.29, 1.82) is 10.7 Å². The standard InChI is InChI=1S/C53H55F3N10O5S2/c1-31(2)46(49(69)64-29-40(67)23-44(64)48(68)61-26-33-6-8-35(9-7-33)47-32(3)62-30-73-47)60-28-42(25-58)71-41-18-20-63(21-19-41)45-17-13-37(27-59-45)34-10-14-38(15-11-34)66-51(72)65(50(70)52(66,4)5)39-16-12-36(24-57)43(22-39)53(54,55)56/h6-17,22,25,27-28,30-31,40-41,44,46,58,60,67H,18-21,23,26,29H2,1-5H3,(H,61,68)/b42-28+,58-25?/t40-,44+,46+/m1/s1. The van der Waals surface area contributed by atoms with Gasteiger partial charge in [-0.05, 0) is 98.1 Å². The van der Waals surface area contributed by atoms with Crippen LogP contribution in [0.5, 0.6) is 0 Å². The van der Waals surface area contributed by atoms with Gasteiger partial charge in [-0.1, -0.05) is 50.2 Å². The highest BCUT2D eigenvalue weighted by atomic mass is 32.1. The second-order valence-corrected chi connectivity index (χ2v) is 20.3. The first kappa shape index (κ1) is 52.1. The van der Waals surface area contributed by atoms with Crippen molar-refractivity contribution in [2.24, 2.45) is 5.92 Å². The van der Waals surface area contributed by atoms with Crippen LogP contribution in [0.4, 0.5) is 30.4 Å². The third kappa shape index (κ3) is 11.1. The summed E-state index contributed by atoms with van der Waals surface area (Å²) in [7, 11) is 0. The zero-order valence-electron chi connectivity index (χ0n) is 40.8. The molecule has 5 heterocycles. The monoisotopic (exact) mass is 1030 g/mol. The molecule has 3 amide bonds. The van der Waals surface area contributed by atoms with Gasteiger partial charge in [0.2, 0.25) is 11.8 Å². The van der Waals surface area contributed by atoms with Crippen LogP contribution in [0.15, 0.2) is 103 Å². The molecule has 3 fully saturated rings. The number of alkyl halides is 3. The van der Waals surface area contributed by atoms with Crippen molar-refractivity contribution in [3.05, 3.63) is 125 Å². The summed E-state index contributed by atoms with van der Waals surface area (Å²) in [4.78, 5) is 57.6. The van der Waals surface area contributed by atoms with Crippen molar-refractivity contribution in [2.45, 2.75) is 96.4 Å². The number of allylic oxidation sites excluding steroid dienone is 1. The van der Waals surface area contributed by atoms with Gasteiger partial charge in [0.15, 0.2) is 10.9 Å². The van der Waals surface area contributed by atoms with Crippen LogP contribution in [0, 0.1) is 29.6 Å². The lowest BCUT2D eigenvalue weighted by Gasteiger charge is -2.33. The number of ether oxygens (including phenoxy) is 1. The Morgan fingerprint density at radius 1 is 1.01 bits per heavy atom. The van der Waals surface area contributed by atoms with Crippen molar-refractivity contribution in [3.63, 3.8) is 0 Å². The van der Waals surface area contributed by atoms with E-state index in [1.807, 2.05) is 74.8 Å². The molecule has 8 rings (SSSR count). The van der Waals surface area contributed by atoms with Gasteiger partial charge in [-0.25, -0.2) is 9.97 Å². The number of nitriles is 1. The zero-order valence-corrected chi connectivity index (χ0v) is 42.4. The maximum absolute atomic E-state index is 14.0. The molecule has 3 aliphatic heterocycles. The maximum atomic E-state index is 14.0. The Bertz CT molecular complexity index is 2950. The molecule has 5 aromatic rings. The molecule has 73 heavy (non-hydrogen) atoms. The number of aliphatic hydroxyl groups is 1. The molecule has 2 aromatic heterocycles. The van der Waals surface area contributed by atoms with E-state index in [0.29, 0.717) is 31.6 Å². The van der Waals surface area contributed by atoms with E-state index < -0.39 is 46.9 Å². The number of pyridine rings is 1. The van der Waals surface area contributed by atoms with E-state index in [1.54, 1.807) is 54.5 Å². The first-order valence-corrected chi connectivity index (χ1v) is 25.1. The van der Waals surface area contributed by atoms with Crippen LogP contribution in [0.2, 0.25) is 0 Å². The van der Waals surface area contributed by atoms with Crippen LogP contribution in [-0.2, 0) is 31.8 Å². The third-order valence-corrected chi connectivity index (χ3v) is 14.7. The number of aliphatic hydroxyl groups excluding tert-OH is 1. The largest absolute Gasteiger partial charge is 0.487 e. The van der Waals surface area contributed by atoms with Gasteiger partial charge in [-0.15, -0.1) is 11.3 Å². The number of halogens is 3. The fourth-order valence-electron chi connectivity index (χ4n) is 9.38. The van der Waals surface area contributed by atoms with Crippen molar-refractivity contribution < 1.29 is 37.4 Å². The highest BCUT2D eigenvalue weighted by Gasteiger charge is 2.51. The highest BCUT2D eigenvalue weighted by Crippen LogP contribution is 2.40. The number of rotatable bonds is 15. The number of β-amino-alcohol motifs (C(OH)–C–C–N with tert-alkyl or cyclic N) is 1. The predicted octanol–water partition coefficient (Wildman–Crippen LogP) is 8.36. The fourth-order valence-corrected chi connectivity index (χ4v) is 10.7. The summed E-state index contributed by atoms with van der Waals surface area (Å²) in [5, 5.41) is 34.1. The van der Waals surface area contributed by atoms with E-state index in [-0.39, 0.29) is 59.9 Å². The van der Waals surface area contributed by atoms with Crippen LogP contribution in [-0.4, -0.2) is 98.5 Å². The molecule has 0 aliphatic carbocycles. The van der Waals surface area contributed by atoms with E-state index >= 15 is 0 Å². The summed E-state index contributed by atoms with van der Waals surface area (Å²) >= 11 is 7.27. The Morgan fingerprint density at radius 3 is 2.29 bits per heavy atom. The van der Waals surface area contributed by atoms with Crippen LogP contribution in [0.3, 0.4) is 0 Å². The van der Waals surface area contributed by atoms with E-state index in [2.05, 4.69) is 20.5 Å². The average molecular weight is 1030 g/mol. The molecule has 0 saturated carbocycles. The molecule has 3 saturated heterocycles.